The molecule has 0 amide bonds. The SMILES string of the molecule is c1ccc(-c2cc(-c3ccc4oc5c(ccc6c7cc(-c8ccc9c(c8)c8ccccc8n9-c8ccccc8)ccc7oc65)c4c3)nc(-c3ccccc3)n2)cc1. The number of aromatic nitrogens is 3. The highest BCUT2D eigenvalue weighted by Gasteiger charge is 2.19. The van der Waals surface area contributed by atoms with Gasteiger partial charge in [0.15, 0.2) is 17.0 Å². The summed E-state index contributed by atoms with van der Waals surface area (Å²) in [5, 5.41) is 6.55. The predicted molar refractivity (Wildman–Crippen MR) is 233 cm³/mol. The summed E-state index contributed by atoms with van der Waals surface area (Å²) in [5.41, 5.74) is 13.6. The highest BCUT2D eigenvalue weighted by Crippen LogP contribution is 2.42. The molecule has 12 aromatic rings. The molecule has 0 aliphatic carbocycles. The highest BCUT2D eigenvalue weighted by atomic mass is 16.4. The molecule has 5 nitrogen and oxygen atoms in total. The summed E-state index contributed by atoms with van der Waals surface area (Å²) >= 11 is 0. The van der Waals surface area contributed by atoms with Gasteiger partial charge in [-0.15, -0.1) is 0 Å². The van der Waals surface area contributed by atoms with Crippen LogP contribution in [0.3, 0.4) is 0 Å². The topological polar surface area (TPSA) is 57.0 Å². The van der Waals surface area contributed by atoms with E-state index in [9.17, 15) is 0 Å². The van der Waals surface area contributed by atoms with Crippen molar-refractivity contribution < 1.29 is 8.83 Å². The average Bonchev–Trinajstić information content (AvgIpc) is 3.96. The van der Waals surface area contributed by atoms with E-state index in [-0.39, 0.29) is 0 Å². The molecule has 12 rings (SSSR count). The van der Waals surface area contributed by atoms with Gasteiger partial charge in [0.25, 0.3) is 0 Å². The Balaban J connectivity index is 0.971. The lowest BCUT2D eigenvalue weighted by molar-refractivity contribution is 0.633. The van der Waals surface area contributed by atoms with Crippen LogP contribution in [0.5, 0.6) is 0 Å². The summed E-state index contributed by atoms with van der Waals surface area (Å²) in [7, 11) is 0. The number of furan rings is 2. The Bertz CT molecular complexity index is 3450. The third-order valence-electron chi connectivity index (χ3n) is 11.2. The van der Waals surface area contributed by atoms with Gasteiger partial charge in [-0.25, -0.2) is 9.97 Å². The van der Waals surface area contributed by atoms with E-state index < -0.39 is 0 Å². The molecule has 0 spiro atoms. The van der Waals surface area contributed by atoms with Crippen molar-refractivity contribution in [1.82, 2.24) is 14.5 Å². The molecule has 0 atom stereocenters. The van der Waals surface area contributed by atoms with Gasteiger partial charge in [-0.1, -0.05) is 109 Å². The van der Waals surface area contributed by atoms with Gasteiger partial charge >= 0.3 is 0 Å². The Kier molecular flexibility index (Phi) is 6.86. The molecule has 0 saturated carbocycles. The number of hydrogen-bond donors (Lipinski definition) is 0. The van der Waals surface area contributed by atoms with Gasteiger partial charge in [-0.3, -0.25) is 0 Å². The van der Waals surface area contributed by atoms with E-state index in [0.29, 0.717) is 5.82 Å². The summed E-state index contributed by atoms with van der Waals surface area (Å²) in [6.45, 7) is 0. The number of benzene rings is 8. The summed E-state index contributed by atoms with van der Waals surface area (Å²) in [5.74, 6) is 0.686. The largest absolute Gasteiger partial charge is 0.452 e. The van der Waals surface area contributed by atoms with Gasteiger partial charge in [-0.2, -0.15) is 0 Å². The van der Waals surface area contributed by atoms with Gasteiger partial charge in [0.05, 0.1) is 22.4 Å². The minimum atomic E-state index is 0.686. The number of hydrogen-bond acceptors (Lipinski definition) is 4. The quantitative estimate of drug-likeness (QED) is 0.177. The maximum absolute atomic E-state index is 6.59. The normalized spacial score (nSPS) is 11.9. The molecule has 266 valence electrons. The van der Waals surface area contributed by atoms with Crippen LogP contribution in [0.15, 0.2) is 197 Å². The van der Waals surface area contributed by atoms with Gasteiger partial charge < -0.3 is 13.4 Å². The Labute approximate surface area is 326 Å². The molecule has 5 heteroatoms. The monoisotopic (exact) mass is 729 g/mol. The third kappa shape index (κ3) is 5.03. The van der Waals surface area contributed by atoms with E-state index in [2.05, 4.69) is 138 Å². The minimum absolute atomic E-state index is 0.686. The first-order valence-electron chi connectivity index (χ1n) is 19.1. The zero-order valence-corrected chi connectivity index (χ0v) is 30.6. The maximum atomic E-state index is 6.59. The molecule has 0 radical (unpaired) electrons. The highest BCUT2D eigenvalue weighted by molar-refractivity contribution is 6.19. The Morgan fingerprint density at radius 1 is 0.333 bits per heavy atom. The molecule has 0 fully saturated rings. The zero-order chi connectivity index (χ0) is 37.5. The van der Waals surface area contributed by atoms with Crippen LogP contribution in [0, 0.1) is 0 Å². The molecular weight excluding hydrogens is 699 g/mol. The van der Waals surface area contributed by atoms with Gasteiger partial charge in [0.1, 0.15) is 11.2 Å². The molecule has 4 heterocycles. The molecule has 8 aromatic carbocycles. The lowest BCUT2D eigenvalue weighted by Gasteiger charge is -2.09. The smallest absolute Gasteiger partial charge is 0.178 e. The molecule has 0 aliphatic heterocycles. The number of fused-ring (bicyclic) bond motifs is 10. The Morgan fingerprint density at radius 3 is 1.53 bits per heavy atom. The third-order valence-corrected chi connectivity index (χ3v) is 11.2. The summed E-state index contributed by atoms with van der Waals surface area (Å²) < 4.78 is 15.5. The molecule has 0 unspecified atom stereocenters. The van der Waals surface area contributed by atoms with Crippen LogP contribution in [0.4, 0.5) is 0 Å². The molecule has 57 heavy (non-hydrogen) atoms. The fourth-order valence-corrected chi connectivity index (χ4v) is 8.48. The fraction of sp³-hybridized carbons (Fsp3) is 0. The van der Waals surface area contributed by atoms with Crippen molar-refractivity contribution in [2.75, 3.05) is 0 Å². The molecule has 4 aromatic heterocycles. The first kappa shape index (κ1) is 31.6. The minimum Gasteiger partial charge on any atom is -0.452 e. The number of nitrogens with zero attached hydrogens (tertiary/aromatic N) is 3. The summed E-state index contributed by atoms with van der Waals surface area (Å²) in [6.07, 6.45) is 0. The lowest BCUT2D eigenvalue weighted by Crippen LogP contribution is -1.95. The van der Waals surface area contributed by atoms with E-state index in [1.807, 2.05) is 54.6 Å². The first-order valence-corrected chi connectivity index (χ1v) is 19.1. The van der Waals surface area contributed by atoms with E-state index in [0.717, 1.165) is 88.8 Å². The van der Waals surface area contributed by atoms with Gasteiger partial charge in [0, 0.05) is 54.7 Å². The second-order valence-corrected chi connectivity index (χ2v) is 14.6. The molecule has 0 saturated heterocycles. The summed E-state index contributed by atoms with van der Waals surface area (Å²) in [4.78, 5) is 10.0. The lowest BCUT2D eigenvalue weighted by atomic mass is 10.00. The van der Waals surface area contributed by atoms with Crippen LogP contribution >= 0.6 is 0 Å². The molecule has 0 N–H and O–H groups in total. The maximum Gasteiger partial charge on any atom is 0.178 e. The first-order chi connectivity index (χ1) is 28.2. The fourth-order valence-electron chi connectivity index (χ4n) is 8.48. The van der Waals surface area contributed by atoms with Gasteiger partial charge in [-0.05, 0) is 90.0 Å². The molecular formula is C52H31N3O2. The standard InChI is InChI=1S/C52H31N3O2/c1-4-12-32(13-5-1)44-31-45(54-52(53-44)33-14-6-2-7-15-33)36-22-27-49-43(30-36)40-24-23-39-42-29-35(21-26-48(42)56-50(39)51(40)57-49)34-20-25-47-41(28-34)38-18-10-11-19-46(38)55(47)37-16-8-3-9-17-37/h1-31H. The second-order valence-electron chi connectivity index (χ2n) is 14.6. The Morgan fingerprint density at radius 2 is 0.842 bits per heavy atom. The van der Waals surface area contributed by atoms with E-state index >= 15 is 0 Å². The number of para-hydroxylation sites is 2. The molecule has 0 bridgehead atoms. The van der Waals surface area contributed by atoms with Crippen molar-refractivity contribution in [2.24, 2.45) is 0 Å². The van der Waals surface area contributed by atoms with E-state index in [1.165, 1.54) is 21.8 Å². The predicted octanol–water partition coefficient (Wildman–Crippen LogP) is 14.0. The average molecular weight is 730 g/mol. The van der Waals surface area contributed by atoms with Crippen LogP contribution in [0.2, 0.25) is 0 Å². The van der Waals surface area contributed by atoms with Crippen LogP contribution < -0.4 is 0 Å². The summed E-state index contributed by atoms with van der Waals surface area (Å²) in [6, 6.07) is 65.5. The van der Waals surface area contributed by atoms with Crippen LogP contribution in [0.1, 0.15) is 0 Å². The van der Waals surface area contributed by atoms with Crippen molar-refractivity contribution in [3.63, 3.8) is 0 Å². The number of rotatable bonds is 5. The van der Waals surface area contributed by atoms with Crippen molar-refractivity contribution in [3.05, 3.63) is 188 Å². The van der Waals surface area contributed by atoms with Crippen molar-refractivity contribution in [2.45, 2.75) is 0 Å². The second kappa shape index (κ2) is 12.4. The van der Waals surface area contributed by atoms with Gasteiger partial charge in [0.2, 0.25) is 0 Å². The van der Waals surface area contributed by atoms with Crippen LogP contribution in [-0.4, -0.2) is 14.5 Å². The Hall–Kier alpha value is -7.76. The van der Waals surface area contributed by atoms with Crippen LogP contribution in [-0.2, 0) is 0 Å². The van der Waals surface area contributed by atoms with Crippen molar-refractivity contribution in [1.29, 1.82) is 0 Å². The molecule has 0 aliphatic rings. The van der Waals surface area contributed by atoms with E-state index in [4.69, 9.17) is 18.8 Å². The zero-order valence-electron chi connectivity index (χ0n) is 30.6. The van der Waals surface area contributed by atoms with Crippen molar-refractivity contribution >= 4 is 65.7 Å². The van der Waals surface area contributed by atoms with E-state index in [1.54, 1.807) is 0 Å². The van der Waals surface area contributed by atoms with Crippen molar-refractivity contribution in [3.8, 4) is 50.7 Å². The van der Waals surface area contributed by atoms with Crippen LogP contribution in [0.25, 0.3) is 116 Å².